The van der Waals surface area contributed by atoms with Crippen LogP contribution < -0.4 is 10.1 Å². The summed E-state index contributed by atoms with van der Waals surface area (Å²) in [5.41, 5.74) is 3.74. The zero-order chi connectivity index (χ0) is 21.3. The topological polar surface area (TPSA) is 57.2 Å². The van der Waals surface area contributed by atoms with Crippen molar-refractivity contribution in [1.82, 2.24) is 15.1 Å². The Morgan fingerprint density at radius 3 is 2.43 bits per heavy atom. The summed E-state index contributed by atoms with van der Waals surface area (Å²) in [6.07, 6.45) is 1.32. The summed E-state index contributed by atoms with van der Waals surface area (Å²) in [6.45, 7) is 5.53. The molecule has 1 aliphatic heterocycles. The second-order valence-corrected chi connectivity index (χ2v) is 7.68. The van der Waals surface area contributed by atoms with E-state index in [-0.39, 0.29) is 5.91 Å². The minimum atomic E-state index is 0.211. The van der Waals surface area contributed by atoms with Crippen LogP contribution in [0.5, 0.6) is 5.75 Å². The highest BCUT2D eigenvalue weighted by Crippen LogP contribution is 2.22. The highest BCUT2D eigenvalue weighted by atomic mass is 16.5. The monoisotopic (exact) mass is 408 g/mol. The number of nitrogens with zero attached hydrogens (tertiary/aromatic N) is 3. The van der Waals surface area contributed by atoms with Gasteiger partial charge in [-0.2, -0.15) is 0 Å². The number of hydrogen-bond acceptors (Lipinski definition) is 3. The van der Waals surface area contributed by atoms with Gasteiger partial charge in [-0.05, 0) is 36.6 Å². The van der Waals surface area contributed by atoms with Gasteiger partial charge in [0, 0.05) is 40.2 Å². The molecule has 0 aliphatic carbocycles. The van der Waals surface area contributed by atoms with Crippen LogP contribution in [0.2, 0.25) is 0 Å². The summed E-state index contributed by atoms with van der Waals surface area (Å²) in [7, 11) is 3.76. The first kappa shape index (κ1) is 21.7. The Morgan fingerprint density at radius 1 is 1.13 bits per heavy atom. The smallest absolute Gasteiger partial charge is 0.223 e. The quantitative estimate of drug-likeness (QED) is 0.414. The maximum Gasteiger partial charge on any atom is 0.223 e. The fraction of sp³-hybridized carbons (Fsp3) is 0.417. The number of aryl methyl sites for hydroxylation is 1. The van der Waals surface area contributed by atoms with E-state index in [0.29, 0.717) is 19.6 Å². The molecule has 0 atom stereocenters. The molecular formula is C24H32N4O2. The minimum absolute atomic E-state index is 0.211. The molecule has 1 heterocycles. The molecular weight excluding hydrogens is 376 g/mol. The fourth-order valence-corrected chi connectivity index (χ4v) is 3.53. The lowest BCUT2D eigenvalue weighted by atomic mass is 10.1. The van der Waals surface area contributed by atoms with Crippen LogP contribution in [0, 0.1) is 6.92 Å². The molecule has 30 heavy (non-hydrogen) atoms. The molecule has 1 N–H and O–H groups in total. The molecule has 0 fully saturated rings. The van der Waals surface area contributed by atoms with Crippen LogP contribution >= 0.6 is 0 Å². The Kier molecular flexibility index (Phi) is 7.71. The van der Waals surface area contributed by atoms with Crippen molar-refractivity contribution in [1.29, 1.82) is 0 Å². The number of guanidine groups is 1. The first-order valence-electron chi connectivity index (χ1n) is 10.5. The number of likely N-dealkylation sites (N-methyl/N-ethyl adjacent to an activating group) is 1. The van der Waals surface area contributed by atoms with Crippen molar-refractivity contribution in [3.05, 3.63) is 65.2 Å². The Hall–Kier alpha value is -3.02. The molecule has 0 aromatic heterocycles. The summed E-state index contributed by atoms with van der Waals surface area (Å²) in [5, 5.41) is 3.34. The number of hydrogen-bond donors (Lipinski definition) is 1. The molecule has 0 bridgehead atoms. The zero-order valence-corrected chi connectivity index (χ0v) is 18.2. The van der Waals surface area contributed by atoms with E-state index >= 15 is 0 Å². The molecule has 160 valence electrons. The van der Waals surface area contributed by atoms with Crippen molar-refractivity contribution in [2.75, 3.05) is 33.8 Å². The largest absolute Gasteiger partial charge is 0.492 e. The maximum atomic E-state index is 12.5. The van der Waals surface area contributed by atoms with Crippen LogP contribution in [0.1, 0.15) is 29.5 Å². The number of ether oxygens (including phenoxy) is 1. The van der Waals surface area contributed by atoms with E-state index in [1.807, 2.05) is 53.2 Å². The van der Waals surface area contributed by atoms with Gasteiger partial charge in [-0.3, -0.25) is 9.79 Å². The van der Waals surface area contributed by atoms with Crippen LogP contribution in [0.25, 0.3) is 0 Å². The van der Waals surface area contributed by atoms with E-state index in [1.165, 1.54) is 16.7 Å². The van der Waals surface area contributed by atoms with Gasteiger partial charge in [-0.15, -0.1) is 0 Å². The third-order valence-corrected chi connectivity index (χ3v) is 5.33. The molecule has 2 aromatic carbocycles. The minimum Gasteiger partial charge on any atom is -0.492 e. The number of carbonyl (C=O) groups excluding carboxylic acids is 1. The van der Waals surface area contributed by atoms with Crippen molar-refractivity contribution < 1.29 is 9.53 Å². The molecule has 0 radical (unpaired) electrons. The van der Waals surface area contributed by atoms with E-state index in [1.54, 1.807) is 7.05 Å². The van der Waals surface area contributed by atoms with Gasteiger partial charge < -0.3 is 19.9 Å². The normalized spacial score (nSPS) is 13.2. The third-order valence-electron chi connectivity index (χ3n) is 5.33. The van der Waals surface area contributed by atoms with Crippen LogP contribution in [0.4, 0.5) is 0 Å². The Balaban J connectivity index is 1.33. The summed E-state index contributed by atoms with van der Waals surface area (Å²) in [4.78, 5) is 20.8. The van der Waals surface area contributed by atoms with E-state index in [4.69, 9.17) is 4.74 Å². The highest BCUT2D eigenvalue weighted by Gasteiger charge is 2.22. The first-order chi connectivity index (χ1) is 14.6. The molecule has 1 aliphatic rings. The molecule has 6 heteroatoms. The van der Waals surface area contributed by atoms with Crippen LogP contribution in [0.15, 0.2) is 53.5 Å². The van der Waals surface area contributed by atoms with E-state index < -0.39 is 0 Å². The number of carbonyl (C=O) groups is 1. The van der Waals surface area contributed by atoms with Gasteiger partial charge in [0.1, 0.15) is 12.4 Å². The maximum absolute atomic E-state index is 12.5. The standard InChI is InChI=1S/C24H32N4O2/c1-19-10-12-22(13-11-19)30-16-15-27(3)24(25-2)26-14-6-9-23(29)28-17-20-7-4-5-8-21(20)18-28/h4-5,7-8,10-13H,6,9,14-18H2,1-3H3,(H,25,26). The molecule has 2 aromatic rings. The van der Waals surface area contributed by atoms with Crippen LogP contribution in [0.3, 0.4) is 0 Å². The summed E-state index contributed by atoms with van der Waals surface area (Å²) in [6, 6.07) is 16.3. The third kappa shape index (κ3) is 5.99. The molecule has 3 rings (SSSR count). The van der Waals surface area contributed by atoms with Crippen molar-refractivity contribution in [2.24, 2.45) is 4.99 Å². The second-order valence-electron chi connectivity index (χ2n) is 7.68. The molecule has 0 saturated heterocycles. The first-order valence-corrected chi connectivity index (χ1v) is 10.5. The molecule has 0 saturated carbocycles. The lowest BCUT2D eigenvalue weighted by Crippen LogP contribution is -2.41. The molecule has 0 spiro atoms. The summed E-state index contributed by atoms with van der Waals surface area (Å²) < 4.78 is 5.79. The predicted octanol–water partition coefficient (Wildman–Crippen LogP) is 3.20. The van der Waals surface area contributed by atoms with Crippen LogP contribution in [-0.4, -0.2) is 55.5 Å². The molecule has 0 unspecified atom stereocenters. The van der Waals surface area contributed by atoms with Gasteiger partial charge in [0.05, 0.1) is 6.54 Å². The fourth-order valence-electron chi connectivity index (χ4n) is 3.53. The zero-order valence-electron chi connectivity index (χ0n) is 18.2. The number of nitrogens with one attached hydrogen (secondary N) is 1. The van der Waals surface area contributed by atoms with Gasteiger partial charge in [0.15, 0.2) is 5.96 Å². The van der Waals surface area contributed by atoms with Gasteiger partial charge in [-0.25, -0.2) is 0 Å². The SMILES string of the molecule is CN=C(NCCCC(=O)N1Cc2ccccc2C1)N(C)CCOc1ccc(C)cc1. The summed E-state index contributed by atoms with van der Waals surface area (Å²) in [5.74, 6) is 1.89. The van der Waals surface area contributed by atoms with Crippen molar-refractivity contribution >= 4 is 11.9 Å². The Labute approximate surface area is 179 Å². The Bertz CT molecular complexity index is 839. The molecule has 6 nitrogen and oxygen atoms in total. The number of amides is 1. The van der Waals surface area contributed by atoms with E-state index in [2.05, 4.69) is 29.4 Å². The van der Waals surface area contributed by atoms with Crippen molar-refractivity contribution in [3.8, 4) is 5.75 Å². The van der Waals surface area contributed by atoms with Gasteiger partial charge in [-0.1, -0.05) is 42.0 Å². The van der Waals surface area contributed by atoms with Gasteiger partial charge in [0.25, 0.3) is 0 Å². The highest BCUT2D eigenvalue weighted by molar-refractivity contribution is 5.80. The number of rotatable bonds is 8. The van der Waals surface area contributed by atoms with Crippen LogP contribution in [-0.2, 0) is 17.9 Å². The van der Waals surface area contributed by atoms with Gasteiger partial charge in [0.2, 0.25) is 5.91 Å². The van der Waals surface area contributed by atoms with E-state index in [0.717, 1.165) is 37.8 Å². The van der Waals surface area contributed by atoms with E-state index in [9.17, 15) is 4.79 Å². The summed E-state index contributed by atoms with van der Waals surface area (Å²) >= 11 is 0. The van der Waals surface area contributed by atoms with Gasteiger partial charge >= 0.3 is 0 Å². The number of aliphatic imine (C=N–C) groups is 1. The predicted molar refractivity (Wildman–Crippen MR) is 121 cm³/mol. The van der Waals surface area contributed by atoms with Crippen molar-refractivity contribution in [2.45, 2.75) is 32.9 Å². The lowest BCUT2D eigenvalue weighted by Gasteiger charge is -2.22. The number of fused-ring (bicyclic) bond motifs is 1. The Morgan fingerprint density at radius 2 is 1.80 bits per heavy atom. The number of benzene rings is 2. The second kappa shape index (κ2) is 10.7. The average Bonchev–Trinajstić information content (AvgIpc) is 3.19. The molecule has 1 amide bonds. The average molecular weight is 409 g/mol. The van der Waals surface area contributed by atoms with Crippen molar-refractivity contribution in [3.63, 3.8) is 0 Å². The lowest BCUT2D eigenvalue weighted by molar-refractivity contribution is -0.131.